The van der Waals surface area contributed by atoms with Crippen LogP contribution in [0.2, 0.25) is 0 Å². The Morgan fingerprint density at radius 2 is 1.92 bits per heavy atom. The van der Waals surface area contributed by atoms with Crippen LogP contribution in [-0.2, 0) is 29.2 Å². The Hall–Kier alpha value is -3.42. The minimum Gasteiger partial charge on any atom is -0.495 e. The van der Waals surface area contributed by atoms with Crippen molar-refractivity contribution >= 4 is 27.5 Å². The van der Waals surface area contributed by atoms with Gasteiger partial charge in [-0.25, -0.2) is 13.4 Å². The fourth-order valence-corrected chi connectivity index (χ4v) is 5.24. The van der Waals surface area contributed by atoms with E-state index in [1.54, 1.807) is 24.3 Å². The molecule has 1 heterocycles. The summed E-state index contributed by atoms with van der Waals surface area (Å²) in [5, 5.41) is 8.86. The van der Waals surface area contributed by atoms with Crippen LogP contribution in [0.25, 0.3) is 0 Å². The number of alkyl halides is 3. The van der Waals surface area contributed by atoms with Gasteiger partial charge in [-0.3, -0.25) is 0 Å². The van der Waals surface area contributed by atoms with Crippen molar-refractivity contribution in [3.8, 4) is 5.75 Å². The molecule has 204 valence electrons. The van der Waals surface area contributed by atoms with Crippen LogP contribution in [0, 0.1) is 0 Å². The van der Waals surface area contributed by atoms with Crippen molar-refractivity contribution in [2.75, 3.05) is 38.1 Å². The molecule has 13 heteroatoms. The van der Waals surface area contributed by atoms with Gasteiger partial charge < -0.3 is 20.7 Å². The van der Waals surface area contributed by atoms with Crippen molar-refractivity contribution in [3.63, 3.8) is 0 Å². The summed E-state index contributed by atoms with van der Waals surface area (Å²) < 4.78 is 73.3. The first-order valence-electron chi connectivity index (χ1n) is 11.7. The van der Waals surface area contributed by atoms with Gasteiger partial charge in [-0.1, -0.05) is 30.3 Å². The van der Waals surface area contributed by atoms with Gasteiger partial charge in [-0.15, -0.1) is 0 Å². The highest BCUT2D eigenvalue weighted by Crippen LogP contribution is 2.40. The Morgan fingerprint density at radius 1 is 1.18 bits per heavy atom. The van der Waals surface area contributed by atoms with E-state index in [0.29, 0.717) is 30.6 Å². The zero-order valence-corrected chi connectivity index (χ0v) is 22.1. The van der Waals surface area contributed by atoms with Crippen molar-refractivity contribution in [1.29, 1.82) is 0 Å². The second-order valence-corrected chi connectivity index (χ2v) is 11.1. The third-order valence-electron chi connectivity index (χ3n) is 6.42. The molecule has 0 spiro atoms. The van der Waals surface area contributed by atoms with Gasteiger partial charge in [0.1, 0.15) is 17.1 Å². The van der Waals surface area contributed by atoms with Crippen molar-refractivity contribution < 1.29 is 26.3 Å². The van der Waals surface area contributed by atoms with Gasteiger partial charge >= 0.3 is 6.18 Å². The zero-order chi connectivity index (χ0) is 27.7. The fraction of sp³-hybridized carbons (Fsp3) is 0.360. The first kappa shape index (κ1) is 27.6. The summed E-state index contributed by atoms with van der Waals surface area (Å²) >= 11 is 0. The average molecular weight is 551 g/mol. The van der Waals surface area contributed by atoms with Gasteiger partial charge in [0, 0.05) is 19.8 Å². The van der Waals surface area contributed by atoms with E-state index in [0.717, 1.165) is 22.9 Å². The molecular formula is C25H29F3N6O3S. The number of anilines is 3. The van der Waals surface area contributed by atoms with Crippen molar-refractivity contribution in [2.45, 2.75) is 31.2 Å². The summed E-state index contributed by atoms with van der Waals surface area (Å²) in [6.07, 6.45) is -2.66. The lowest BCUT2D eigenvalue weighted by atomic mass is 10.1. The average Bonchev–Trinajstić information content (AvgIpc) is 3.21. The van der Waals surface area contributed by atoms with Gasteiger partial charge in [-0.05, 0) is 42.3 Å². The van der Waals surface area contributed by atoms with Gasteiger partial charge in [0.2, 0.25) is 16.0 Å². The molecule has 0 bridgehead atoms. The SMILES string of the molecule is CNCc1ccc(Nc2ncc(C(F)(F)F)c(N[C@@H]3Cc4ccccc4[C@H]3N(C)S(C)(=O)=O)n2)c(OC)c1. The van der Waals surface area contributed by atoms with E-state index in [2.05, 4.69) is 25.9 Å². The largest absolute Gasteiger partial charge is 0.495 e. The number of nitrogens with one attached hydrogen (secondary N) is 3. The number of likely N-dealkylation sites (N-methyl/N-ethyl adjacent to an activating group) is 1. The Balaban J connectivity index is 1.71. The summed E-state index contributed by atoms with van der Waals surface area (Å²) in [6, 6.07) is 11.1. The van der Waals surface area contributed by atoms with Crippen LogP contribution >= 0.6 is 0 Å². The second kappa shape index (κ2) is 10.8. The molecule has 2 atom stereocenters. The lowest BCUT2D eigenvalue weighted by molar-refractivity contribution is -0.137. The second-order valence-electron chi connectivity index (χ2n) is 9.02. The minimum absolute atomic E-state index is 0.0799. The number of benzene rings is 2. The molecule has 0 unspecified atom stereocenters. The van der Waals surface area contributed by atoms with Gasteiger partial charge in [0.25, 0.3) is 0 Å². The Morgan fingerprint density at radius 3 is 2.58 bits per heavy atom. The maximum Gasteiger partial charge on any atom is 0.421 e. The van der Waals surface area contributed by atoms with Crippen LogP contribution < -0.4 is 20.7 Å². The maximum atomic E-state index is 14.0. The summed E-state index contributed by atoms with van der Waals surface area (Å²) in [7, 11) is 1.06. The number of hydrogen-bond acceptors (Lipinski definition) is 8. The monoisotopic (exact) mass is 550 g/mol. The highest BCUT2D eigenvalue weighted by atomic mass is 32.2. The van der Waals surface area contributed by atoms with Crippen LogP contribution in [0.15, 0.2) is 48.7 Å². The quantitative estimate of drug-likeness (QED) is 0.368. The number of sulfonamides is 1. The number of aromatic nitrogens is 2. The zero-order valence-electron chi connectivity index (χ0n) is 21.3. The summed E-state index contributed by atoms with van der Waals surface area (Å²) in [5.74, 6) is -0.0639. The molecule has 3 aromatic rings. The lowest BCUT2D eigenvalue weighted by Crippen LogP contribution is -2.39. The number of ether oxygens (including phenoxy) is 1. The summed E-state index contributed by atoms with van der Waals surface area (Å²) in [5.41, 5.74) is 1.94. The first-order valence-corrected chi connectivity index (χ1v) is 13.6. The number of hydrogen-bond donors (Lipinski definition) is 3. The topological polar surface area (TPSA) is 108 Å². The molecule has 1 aliphatic carbocycles. The molecule has 4 rings (SSSR count). The third-order valence-corrected chi connectivity index (χ3v) is 7.69. The Labute approximate surface area is 219 Å². The van der Waals surface area contributed by atoms with Gasteiger partial charge in [-0.2, -0.15) is 22.5 Å². The highest BCUT2D eigenvalue weighted by molar-refractivity contribution is 7.88. The van der Waals surface area contributed by atoms with E-state index in [-0.39, 0.29) is 5.95 Å². The summed E-state index contributed by atoms with van der Waals surface area (Å²) in [4.78, 5) is 8.05. The Kier molecular flexibility index (Phi) is 7.81. The molecule has 9 nitrogen and oxygen atoms in total. The smallest absolute Gasteiger partial charge is 0.421 e. The maximum absolute atomic E-state index is 14.0. The normalized spacial score (nSPS) is 17.4. The predicted octanol–water partition coefficient (Wildman–Crippen LogP) is 3.94. The molecule has 38 heavy (non-hydrogen) atoms. The number of nitrogens with zero attached hydrogens (tertiary/aromatic N) is 3. The Bertz CT molecular complexity index is 1420. The molecule has 0 radical (unpaired) electrons. The van der Waals surface area contributed by atoms with Crippen molar-refractivity contribution in [3.05, 3.63) is 70.9 Å². The fourth-order valence-electron chi connectivity index (χ4n) is 4.57. The number of halogens is 3. The predicted molar refractivity (Wildman–Crippen MR) is 139 cm³/mol. The first-order chi connectivity index (χ1) is 17.9. The highest BCUT2D eigenvalue weighted by Gasteiger charge is 2.41. The van der Waals surface area contributed by atoms with Crippen LogP contribution in [0.1, 0.15) is 28.3 Å². The van der Waals surface area contributed by atoms with E-state index in [1.165, 1.54) is 18.5 Å². The van der Waals surface area contributed by atoms with E-state index < -0.39 is 39.7 Å². The number of methoxy groups -OCH3 is 1. The van der Waals surface area contributed by atoms with Gasteiger partial charge in [0.15, 0.2) is 0 Å². The standard InChI is InChI=1S/C25H29F3N6O3S/c1-29-13-15-9-10-19(21(11-15)37-3)32-24-30-14-18(25(26,27)28)23(33-24)31-20-12-16-7-5-6-8-17(16)22(20)34(2)38(4,35)36/h5-11,14,20,22,29H,12-13H2,1-4H3,(H2,30,31,32,33)/t20-,22-/m1/s1. The van der Waals surface area contributed by atoms with E-state index >= 15 is 0 Å². The molecule has 2 aromatic carbocycles. The van der Waals surface area contributed by atoms with Crippen molar-refractivity contribution in [2.24, 2.45) is 0 Å². The molecule has 0 amide bonds. The van der Waals surface area contributed by atoms with Crippen LogP contribution in [0.4, 0.5) is 30.6 Å². The molecule has 0 saturated heterocycles. The van der Waals surface area contributed by atoms with E-state index in [9.17, 15) is 21.6 Å². The molecule has 0 saturated carbocycles. The third kappa shape index (κ3) is 5.84. The van der Waals surface area contributed by atoms with Crippen LogP contribution in [0.3, 0.4) is 0 Å². The molecular weight excluding hydrogens is 521 g/mol. The molecule has 1 aliphatic rings. The number of rotatable bonds is 9. The van der Waals surface area contributed by atoms with Crippen LogP contribution in [-0.4, -0.2) is 56.2 Å². The van der Waals surface area contributed by atoms with Gasteiger partial charge in [0.05, 0.1) is 31.1 Å². The molecule has 0 aliphatic heterocycles. The molecule has 1 aromatic heterocycles. The summed E-state index contributed by atoms with van der Waals surface area (Å²) in [6.45, 7) is 0.606. The van der Waals surface area contributed by atoms with Crippen molar-refractivity contribution in [1.82, 2.24) is 19.6 Å². The minimum atomic E-state index is -4.74. The number of fused-ring (bicyclic) bond motifs is 1. The van der Waals surface area contributed by atoms with E-state index in [1.807, 2.05) is 25.2 Å². The molecule has 0 fully saturated rings. The van der Waals surface area contributed by atoms with Crippen LogP contribution in [0.5, 0.6) is 5.75 Å². The lowest BCUT2D eigenvalue weighted by Gasteiger charge is -2.30. The van der Waals surface area contributed by atoms with E-state index in [4.69, 9.17) is 4.74 Å². The molecule has 3 N–H and O–H groups in total.